The molecule has 1 fully saturated rings. The van der Waals surface area contributed by atoms with Crippen LogP contribution >= 0.6 is 0 Å². The molecule has 1 aromatic carbocycles. The molecule has 1 aromatic rings. The van der Waals surface area contributed by atoms with Crippen molar-refractivity contribution in [2.45, 2.75) is 19.3 Å². The highest BCUT2D eigenvalue weighted by Crippen LogP contribution is 2.34. The summed E-state index contributed by atoms with van der Waals surface area (Å²) in [5, 5.41) is 16.4. The van der Waals surface area contributed by atoms with Crippen molar-refractivity contribution in [3.63, 3.8) is 0 Å². The molecular formula is C17H24N4O6. The van der Waals surface area contributed by atoms with Gasteiger partial charge < -0.3 is 25.0 Å². The SMILES string of the molecule is COc1cc(CCNC(=O)NCC(=O)N2CCCC2)c([N+](=O)[O-])cc1OC. The average Bonchev–Trinajstić information content (AvgIpc) is 3.20. The minimum Gasteiger partial charge on any atom is -0.493 e. The maximum absolute atomic E-state index is 11.9. The summed E-state index contributed by atoms with van der Waals surface area (Å²) in [4.78, 5) is 36.2. The van der Waals surface area contributed by atoms with Crippen molar-refractivity contribution < 1.29 is 24.0 Å². The zero-order valence-corrected chi connectivity index (χ0v) is 15.4. The molecule has 0 aliphatic carbocycles. The zero-order chi connectivity index (χ0) is 19.8. The molecule has 3 amide bonds. The topological polar surface area (TPSA) is 123 Å². The Labute approximate surface area is 157 Å². The van der Waals surface area contributed by atoms with Crippen molar-refractivity contribution in [1.29, 1.82) is 0 Å². The largest absolute Gasteiger partial charge is 0.493 e. The van der Waals surface area contributed by atoms with E-state index in [-0.39, 0.29) is 36.9 Å². The summed E-state index contributed by atoms with van der Waals surface area (Å²) < 4.78 is 10.2. The van der Waals surface area contributed by atoms with Crippen LogP contribution in [0, 0.1) is 10.1 Å². The van der Waals surface area contributed by atoms with Crippen LogP contribution in [0.2, 0.25) is 0 Å². The Morgan fingerprint density at radius 2 is 1.78 bits per heavy atom. The van der Waals surface area contributed by atoms with E-state index in [9.17, 15) is 19.7 Å². The lowest BCUT2D eigenvalue weighted by molar-refractivity contribution is -0.385. The fraction of sp³-hybridized carbons (Fsp3) is 0.529. The normalized spacial score (nSPS) is 13.2. The van der Waals surface area contributed by atoms with E-state index in [2.05, 4.69) is 10.6 Å². The lowest BCUT2D eigenvalue weighted by Gasteiger charge is -2.15. The van der Waals surface area contributed by atoms with Crippen LogP contribution in [0.5, 0.6) is 11.5 Å². The van der Waals surface area contributed by atoms with Gasteiger partial charge in [0.05, 0.1) is 31.8 Å². The van der Waals surface area contributed by atoms with Gasteiger partial charge >= 0.3 is 6.03 Å². The van der Waals surface area contributed by atoms with E-state index >= 15 is 0 Å². The van der Waals surface area contributed by atoms with Gasteiger partial charge in [-0.1, -0.05) is 0 Å². The number of carbonyl (C=O) groups excluding carboxylic acids is 2. The lowest BCUT2D eigenvalue weighted by Crippen LogP contribution is -2.43. The number of urea groups is 1. The van der Waals surface area contributed by atoms with Gasteiger partial charge in [-0.25, -0.2) is 4.79 Å². The van der Waals surface area contributed by atoms with Gasteiger partial charge in [0.25, 0.3) is 5.69 Å². The standard InChI is InChI=1S/C17H24N4O6/c1-26-14-9-12(13(21(24)25)10-15(14)27-2)5-6-18-17(23)19-11-16(22)20-7-3-4-8-20/h9-10H,3-8,11H2,1-2H3,(H2,18,19,23). The molecule has 10 nitrogen and oxygen atoms in total. The lowest BCUT2D eigenvalue weighted by atomic mass is 10.1. The van der Waals surface area contributed by atoms with Gasteiger partial charge in [-0.3, -0.25) is 14.9 Å². The third-order valence-corrected chi connectivity index (χ3v) is 4.32. The smallest absolute Gasteiger partial charge is 0.315 e. The number of likely N-dealkylation sites (tertiary alicyclic amines) is 1. The molecule has 0 saturated carbocycles. The van der Waals surface area contributed by atoms with Crippen LogP contribution in [-0.4, -0.2) is 62.2 Å². The third-order valence-electron chi connectivity index (χ3n) is 4.32. The predicted octanol–water partition coefficient (Wildman–Crippen LogP) is 1.08. The zero-order valence-electron chi connectivity index (χ0n) is 15.4. The number of ether oxygens (including phenoxy) is 2. The monoisotopic (exact) mass is 380 g/mol. The molecule has 0 spiro atoms. The highest BCUT2D eigenvalue weighted by atomic mass is 16.6. The first-order chi connectivity index (χ1) is 13.0. The van der Waals surface area contributed by atoms with Crippen molar-refractivity contribution >= 4 is 17.6 Å². The summed E-state index contributed by atoms with van der Waals surface area (Å²) in [6.07, 6.45) is 2.20. The van der Waals surface area contributed by atoms with Crippen LogP contribution < -0.4 is 20.1 Å². The Kier molecular flexibility index (Phi) is 7.21. The molecule has 10 heteroatoms. The quantitative estimate of drug-likeness (QED) is 0.514. The molecule has 0 aromatic heterocycles. The Balaban J connectivity index is 1.87. The van der Waals surface area contributed by atoms with E-state index < -0.39 is 11.0 Å². The Hall–Kier alpha value is -3.04. The number of amides is 3. The number of nitrogens with zero attached hydrogens (tertiary/aromatic N) is 2. The number of nitro benzene ring substituents is 1. The first-order valence-electron chi connectivity index (χ1n) is 8.65. The van der Waals surface area contributed by atoms with Crippen LogP contribution in [0.1, 0.15) is 18.4 Å². The second-order valence-corrected chi connectivity index (χ2v) is 6.04. The summed E-state index contributed by atoms with van der Waals surface area (Å²) in [5.74, 6) is 0.524. The fourth-order valence-electron chi connectivity index (χ4n) is 2.89. The first kappa shape index (κ1) is 20.3. The molecule has 1 aliphatic rings. The minimum absolute atomic E-state index is 0.0671. The maximum Gasteiger partial charge on any atom is 0.315 e. The Bertz CT molecular complexity index is 703. The first-order valence-corrected chi connectivity index (χ1v) is 8.65. The molecule has 1 saturated heterocycles. The van der Waals surface area contributed by atoms with E-state index in [0.717, 1.165) is 25.9 Å². The molecule has 148 valence electrons. The summed E-state index contributed by atoms with van der Waals surface area (Å²) in [6, 6.07) is 2.32. The molecule has 27 heavy (non-hydrogen) atoms. The number of hydrogen-bond donors (Lipinski definition) is 2. The second kappa shape index (κ2) is 9.60. The highest BCUT2D eigenvalue weighted by Gasteiger charge is 2.20. The van der Waals surface area contributed by atoms with Crippen molar-refractivity contribution in [2.24, 2.45) is 0 Å². The van der Waals surface area contributed by atoms with Crippen LogP contribution in [0.4, 0.5) is 10.5 Å². The molecule has 2 N–H and O–H groups in total. The molecule has 0 atom stereocenters. The van der Waals surface area contributed by atoms with E-state index in [1.54, 1.807) is 4.90 Å². The summed E-state index contributed by atoms with van der Waals surface area (Å²) in [6.45, 7) is 1.55. The van der Waals surface area contributed by atoms with Crippen LogP contribution in [0.3, 0.4) is 0 Å². The highest BCUT2D eigenvalue weighted by molar-refractivity contribution is 5.84. The average molecular weight is 380 g/mol. The number of nitro groups is 1. The van der Waals surface area contributed by atoms with Gasteiger partial charge in [0.15, 0.2) is 11.5 Å². The van der Waals surface area contributed by atoms with Crippen LogP contribution in [0.25, 0.3) is 0 Å². The number of benzene rings is 1. The molecule has 0 unspecified atom stereocenters. The van der Waals surface area contributed by atoms with Crippen LogP contribution in [-0.2, 0) is 11.2 Å². The van der Waals surface area contributed by atoms with Crippen LogP contribution in [0.15, 0.2) is 12.1 Å². The van der Waals surface area contributed by atoms with E-state index in [1.807, 2.05) is 0 Å². The molecule has 1 heterocycles. The molecule has 2 rings (SSSR count). The summed E-state index contributed by atoms with van der Waals surface area (Å²) >= 11 is 0. The fourth-order valence-corrected chi connectivity index (χ4v) is 2.89. The number of methoxy groups -OCH3 is 2. The van der Waals surface area contributed by atoms with Crippen molar-refractivity contribution in [2.75, 3.05) is 40.4 Å². The summed E-state index contributed by atoms with van der Waals surface area (Å²) in [7, 11) is 2.84. The van der Waals surface area contributed by atoms with Gasteiger partial charge in [0.2, 0.25) is 5.91 Å². The van der Waals surface area contributed by atoms with Gasteiger partial charge in [0.1, 0.15) is 0 Å². The Morgan fingerprint density at radius 3 is 2.37 bits per heavy atom. The maximum atomic E-state index is 11.9. The van der Waals surface area contributed by atoms with Gasteiger partial charge in [0, 0.05) is 25.2 Å². The number of nitrogens with one attached hydrogen (secondary N) is 2. The van der Waals surface area contributed by atoms with Gasteiger partial charge in [-0.05, 0) is 25.3 Å². The number of hydrogen-bond acceptors (Lipinski definition) is 6. The second-order valence-electron chi connectivity index (χ2n) is 6.04. The predicted molar refractivity (Wildman–Crippen MR) is 97.1 cm³/mol. The van der Waals surface area contributed by atoms with Crippen molar-refractivity contribution in [1.82, 2.24) is 15.5 Å². The van der Waals surface area contributed by atoms with E-state index in [1.165, 1.54) is 26.4 Å². The van der Waals surface area contributed by atoms with Gasteiger partial charge in [-0.2, -0.15) is 0 Å². The Morgan fingerprint density at radius 1 is 1.15 bits per heavy atom. The number of rotatable bonds is 8. The summed E-state index contributed by atoms with van der Waals surface area (Å²) in [5.41, 5.74) is 0.296. The molecule has 1 aliphatic heterocycles. The van der Waals surface area contributed by atoms with E-state index in [0.29, 0.717) is 11.3 Å². The van der Waals surface area contributed by atoms with E-state index in [4.69, 9.17) is 9.47 Å². The number of carbonyl (C=O) groups is 2. The minimum atomic E-state index is -0.508. The third kappa shape index (κ3) is 5.47. The molecular weight excluding hydrogens is 356 g/mol. The van der Waals surface area contributed by atoms with Gasteiger partial charge in [-0.15, -0.1) is 0 Å². The van der Waals surface area contributed by atoms with Crippen molar-refractivity contribution in [3.05, 3.63) is 27.8 Å². The molecule has 0 bridgehead atoms. The molecule has 0 radical (unpaired) electrons. The van der Waals surface area contributed by atoms with Crippen molar-refractivity contribution in [3.8, 4) is 11.5 Å².